The molecule has 11 heteroatoms. The van der Waals surface area contributed by atoms with Crippen LogP contribution in [0.1, 0.15) is 37.1 Å². The summed E-state index contributed by atoms with van der Waals surface area (Å²) < 4.78 is 20.3. The minimum atomic E-state index is -1.17. The smallest absolute Gasteiger partial charge is 0.163 e. The van der Waals surface area contributed by atoms with Gasteiger partial charge in [-0.2, -0.15) is 5.10 Å². The summed E-state index contributed by atoms with van der Waals surface area (Å²) in [4.78, 5) is 5.24. The average molecular weight is 665 g/mol. The number of hydrogen-bond acceptors (Lipinski definition) is 6. The summed E-state index contributed by atoms with van der Waals surface area (Å²) in [7, 11) is -2.32. The maximum atomic E-state index is 6.33. The van der Waals surface area contributed by atoms with Crippen LogP contribution < -0.4 is 0 Å². The number of ether oxygens (including phenoxy) is 2. The van der Waals surface area contributed by atoms with Gasteiger partial charge in [0, 0.05) is 44.5 Å². The van der Waals surface area contributed by atoms with Gasteiger partial charge in [0.25, 0.3) is 0 Å². The van der Waals surface area contributed by atoms with Crippen LogP contribution in [0.2, 0.25) is 51.4 Å². The van der Waals surface area contributed by atoms with E-state index in [0.29, 0.717) is 13.5 Å². The lowest BCUT2D eigenvalue weighted by atomic mass is 10.2. The minimum Gasteiger partial charge on any atom is -0.361 e. The van der Waals surface area contributed by atoms with Crippen LogP contribution >= 0.6 is 27.9 Å². The lowest BCUT2D eigenvalue weighted by molar-refractivity contribution is 0.0814. The van der Waals surface area contributed by atoms with Crippen molar-refractivity contribution in [1.82, 2.24) is 23.6 Å². The molecule has 0 unspecified atom stereocenters. The highest BCUT2D eigenvalue weighted by Gasteiger charge is 2.32. The fourth-order valence-electron chi connectivity index (χ4n) is 5.30. The fourth-order valence-corrected chi connectivity index (χ4v) is 8.52. The van der Waals surface area contributed by atoms with Crippen LogP contribution in [0.15, 0.2) is 22.7 Å². The first-order chi connectivity index (χ1) is 19.0. The molecule has 0 amide bonds. The SMILES string of the molecule is C[Si](C)(C)CCOCn1c(-c2nn(COCC[Si](C)(C)C)c3cc(Br)ccc23)nc2c1CN(SC1CCCC1)C2. The van der Waals surface area contributed by atoms with E-state index in [1.807, 2.05) is 16.6 Å². The van der Waals surface area contributed by atoms with E-state index in [1.54, 1.807) is 0 Å². The van der Waals surface area contributed by atoms with Gasteiger partial charge in [-0.25, -0.2) is 14.0 Å². The van der Waals surface area contributed by atoms with Gasteiger partial charge < -0.3 is 14.0 Å². The molecule has 3 heterocycles. The van der Waals surface area contributed by atoms with Crippen molar-refractivity contribution in [1.29, 1.82) is 0 Å². The van der Waals surface area contributed by atoms with E-state index in [4.69, 9.17) is 19.6 Å². The van der Waals surface area contributed by atoms with E-state index in [9.17, 15) is 0 Å². The third kappa shape index (κ3) is 7.70. The van der Waals surface area contributed by atoms with E-state index < -0.39 is 16.1 Å². The normalized spacial score (nSPS) is 17.0. The molecule has 1 fully saturated rings. The number of aromatic nitrogens is 4. The van der Waals surface area contributed by atoms with Gasteiger partial charge in [0.05, 0.1) is 30.0 Å². The maximum Gasteiger partial charge on any atom is 0.163 e. The molecule has 2 aromatic heterocycles. The molecule has 2 aliphatic rings. The highest BCUT2D eigenvalue weighted by atomic mass is 79.9. The zero-order valence-corrected chi connectivity index (χ0v) is 29.5. The average Bonchev–Trinajstić information content (AvgIpc) is 3.63. The predicted octanol–water partition coefficient (Wildman–Crippen LogP) is 8.19. The van der Waals surface area contributed by atoms with E-state index in [0.717, 1.165) is 70.5 Å². The summed E-state index contributed by atoms with van der Waals surface area (Å²) >= 11 is 5.71. The summed E-state index contributed by atoms with van der Waals surface area (Å²) in [5.41, 5.74) is 4.42. The molecule has 1 aliphatic heterocycles. The van der Waals surface area contributed by atoms with Crippen LogP contribution in [-0.4, -0.2) is 58.2 Å². The summed E-state index contributed by atoms with van der Waals surface area (Å²) in [6, 6.07) is 8.68. The molecular weight excluding hydrogens is 618 g/mol. The zero-order valence-electron chi connectivity index (χ0n) is 25.1. The predicted molar refractivity (Wildman–Crippen MR) is 176 cm³/mol. The molecule has 0 N–H and O–H groups in total. The monoisotopic (exact) mass is 663 g/mol. The minimum absolute atomic E-state index is 0.441. The standard InChI is InChI=1S/C29H46BrN5O2SSi2/c1-39(2,3)15-13-36-20-34-27-19-33(38-23-9-7-8-10-23)18-25(27)31-29(34)28-24-12-11-22(30)17-26(24)35(32-28)21-37-14-16-40(4,5)6/h11-12,17,23H,7-10,13-16,18-21H2,1-6H3. The number of fused-ring (bicyclic) bond motifs is 2. The van der Waals surface area contributed by atoms with Gasteiger partial charge in [-0.3, -0.25) is 0 Å². The van der Waals surface area contributed by atoms with Crippen LogP contribution in [0.25, 0.3) is 22.4 Å². The van der Waals surface area contributed by atoms with Gasteiger partial charge in [-0.15, -0.1) is 0 Å². The van der Waals surface area contributed by atoms with E-state index in [2.05, 4.69) is 82.3 Å². The number of halogens is 1. The van der Waals surface area contributed by atoms with Crippen molar-refractivity contribution < 1.29 is 9.47 Å². The van der Waals surface area contributed by atoms with Crippen molar-refractivity contribution in [3.05, 3.63) is 34.1 Å². The van der Waals surface area contributed by atoms with Crippen molar-refractivity contribution in [2.75, 3.05) is 13.2 Å². The molecule has 40 heavy (non-hydrogen) atoms. The molecule has 5 rings (SSSR count). The Labute approximate surface area is 254 Å². The summed E-state index contributed by atoms with van der Waals surface area (Å²) in [6.07, 6.45) is 5.41. The maximum absolute atomic E-state index is 6.33. The van der Waals surface area contributed by atoms with Gasteiger partial charge in [0.1, 0.15) is 19.2 Å². The number of nitrogens with zero attached hydrogens (tertiary/aromatic N) is 5. The van der Waals surface area contributed by atoms with E-state index in [-0.39, 0.29) is 0 Å². The van der Waals surface area contributed by atoms with Crippen molar-refractivity contribution in [2.24, 2.45) is 0 Å². The second kappa shape index (κ2) is 12.7. The molecule has 3 aromatic rings. The number of rotatable bonds is 13. The Morgan fingerprint density at radius 1 is 0.950 bits per heavy atom. The largest absolute Gasteiger partial charge is 0.361 e. The third-order valence-electron chi connectivity index (χ3n) is 7.76. The number of imidazole rings is 1. The Morgan fingerprint density at radius 3 is 2.30 bits per heavy atom. The molecule has 0 bridgehead atoms. The Hall–Kier alpha value is -0.956. The molecule has 0 radical (unpaired) electrons. The zero-order chi connectivity index (χ0) is 28.5. The fraction of sp³-hybridized carbons (Fsp3) is 0.655. The Balaban J connectivity index is 1.43. The number of hydrogen-bond donors (Lipinski definition) is 0. The second-order valence-electron chi connectivity index (χ2n) is 13.8. The molecule has 0 atom stereocenters. The lowest BCUT2D eigenvalue weighted by Gasteiger charge is -2.20. The van der Waals surface area contributed by atoms with Crippen LogP contribution in [0.4, 0.5) is 0 Å². The van der Waals surface area contributed by atoms with Crippen LogP contribution in [0, 0.1) is 0 Å². The first kappa shape index (κ1) is 30.5. The first-order valence-corrected chi connectivity index (χ1v) is 23.8. The number of benzene rings is 1. The van der Waals surface area contributed by atoms with E-state index >= 15 is 0 Å². The third-order valence-corrected chi connectivity index (χ3v) is 13.0. The Bertz CT molecular complexity index is 1310. The lowest BCUT2D eigenvalue weighted by Crippen LogP contribution is -2.22. The van der Waals surface area contributed by atoms with Crippen molar-refractivity contribution in [2.45, 2.75) is 109 Å². The highest BCUT2D eigenvalue weighted by molar-refractivity contribution is 9.10. The Kier molecular flexibility index (Phi) is 9.71. The molecule has 1 aromatic carbocycles. The summed E-state index contributed by atoms with van der Waals surface area (Å²) in [5.74, 6) is 0.914. The topological polar surface area (TPSA) is 57.3 Å². The van der Waals surface area contributed by atoms with Crippen LogP contribution in [-0.2, 0) is 36.0 Å². The van der Waals surface area contributed by atoms with Gasteiger partial charge >= 0.3 is 0 Å². The molecule has 1 aliphatic carbocycles. The van der Waals surface area contributed by atoms with Crippen LogP contribution in [0.3, 0.4) is 0 Å². The molecule has 1 saturated carbocycles. The van der Waals surface area contributed by atoms with E-state index in [1.165, 1.54) is 37.1 Å². The molecule has 0 spiro atoms. The molecule has 220 valence electrons. The van der Waals surface area contributed by atoms with Crippen LogP contribution in [0.5, 0.6) is 0 Å². The van der Waals surface area contributed by atoms with Gasteiger partial charge in [-0.1, -0.05) is 80.0 Å². The molecule has 0 saturated heterocycles. The van der Waals surface area contributed by atoms with Crippen molar-refractivity contribution >= 4 is 54.9 Å². The molecule has 7 nitrogen and oxygen atoms in total. The quantitative estimate of drug-likeness (QED) is 0.104. The second-order valence-corrected chi connectivity index (χ2v) is 27.3. The van der Waals surface area contributed by atoms with Gasteiger partial charge in [0.2, 0.25) is 0 Å². The van der Waals surface area contributed by atoms with Gasteiger partial charge in [0.15, 0.2) is 5.82 Å². The summed E-state index contributed by atoms with van der Waals surface area (Å²) in [5, 5.41) is 6.96. The first-order valence-electron chi connectivity index (χ1n) is 14.8. The summed E-state index contributed by atoms with van der Waals surface area (Å²) in [6.45, 7) is 18.6. The Morgan fingerprint density at radius 2 is 1.62 bits per heavy atom. The molecular formula is C29H46BrN5O2SSi2. The van der Waals surface area contributed by atoms with Gasteiger partial charge in [-0.05, 0) is 43.1 Å². The van der Waals surface area contributed by atoms with Crippen molar-refractivity contribution in [3.63, 3.8) is 0 Å². The highest BCUT2D eigenvalue weighted by Crippen LogP contribution is 2.39. The van der Waals surface area contributed by atoms with Crippen molar-refractivity contribution in [3.8, 4) is 11.5 Å².